The van der Waals surface area contributed by atoms with Crippen molar-refractivity contribution in [2.45, 2.75) is 18.9 Å². The molecule has 3 heterocycles. The lowest BCUT2D eigenvalue weighted by Gasteiger charge is -2.10. The summed E-state index contributed by atoms with van der Waals surface area (Å²) in [7, 11) is 0. The zero-order chi connectivity index (χ0) is 14.1. The minimum Gasteiger partial charge on any atom is -0.487 e. The largest absolute Gasteiger partial charge is 0.487 e. The minimum absolute atomic E-state index is 0.543. The monoisotopic (exact) mass is 300 g/mol. The van der Waals surface area contributed by atoms with Crippen molar-refractivity contribution in [3.63, 3.8) is 0 Å². The highest BCUT2D eigenvalue weighted by Gasteiger charge is 2.17. The van der Waals surface area contributed by atoms with Gasteiger partial charge in [-0.25, -0.2) is 4.98 Å². The molecule has 0 saturated carbocycles. The number of ether oxygens (including phenoxy) is 2. The predicted octanol–water partition coefficient (Wildman–Crippen LogP) is 3.48. The Morgan fingerprint density at radius 2 is 2.24 bits per heavy atom. The smallest absolute Gasteiger partial charge is 0.129 e. The van der Waals surface area contributed by atoms with Crippen LogP contribution in [0.3, 0.4) is 0 Å². The summed E-state index contributed by atoms with van der Waals surface area (Å²) in [6.07, 6.45) is 4.81. The van der Waals surface area contributed by atoms with Gasteiger partial charge in [-0.05, 0) is 24.1 Å². The maximum Gasteiger partial charge on any atom is 0.129 e. The van der Waals surface area contributed by atoms with E-state index in [2.05, 4.69) is 26.9 Å². The van der Waals surface area contributed by atoms with Crippen LogP contribution in [0, 0.1) is 0 Å². The van der Waals surface area contributed by atoms with E-state index in [1.807, 2.05) is 24.7 Å². The Labute approximate surface area is 127 Å². The lowest BCUT2D eigenvalue weighted by Crippen LogP contribution is -2.00. The summed E-state index contributed by atoms with van der Waals surface area (Å²) in [5.74, 6) is 1.44. The number of hydrogen-bond acceptors (Lipinski definition) is 4. The van der Waals surface area contributed by atoms with Gasteiger partial charge in [0.15, 0.2) is 0 Å². The van der Waals surface area contributed by atoms with Crippen molar-refractivity contribution in [1.29, 1.82) is 0 Å². The van der Waals surface area contributed by atoms with E-state index in [1.165, 1.54) is 5.56 Å². The van der Waals surface area contributed by atoms with Crippen molar-refractivity contribution in [1.82, 2.24) is 9.38 Å². The summed E-state index contributed by atoms with van der Waals surface area (Å²) >= 11 is 1.68. The van der Waals surface area contributed by atoms with E-state index >= 15 is 0 Å². The zero-order valence-corrected chi connectivity index (χ0v) is 12.4. The molecule has 1 unspecified atom stereocenters. The van der Waals surface area contributed by atoms with Crippen LogP contribution >= 0.6 is 11.3 Å². The molecular formula is C16H16N2O2S. The molecule has 2 aromatic heterocycles. The molecular weight excluding hydrogens is 284 g/mol. The molecule has 21 heavy (non-hydrogen) atoms. The zero-order valence-electron chi connectivity index (χ0n) is 11.6. The Kier molecular flexibility index (Phi) is 3.37. The predicted molar refractivity (Wildman–Crippen MR) is 82.0 cm³/mol. The van der Waals surface area contributed by atoms with E-state index in [0.29, 0.717) is 12.5 Å². The van der Waals surface area contributed by atoms with Gasteiger partial charge in [-0.15, -0.1) is 11.3 Å². The number of hydrogen-bond donors (Lipinski definition) is 0. The summed E-state index contributed by atoms with van der Waals surface area (Å²) in [4.78, 5) is 5.28. The highest BCUT2D eigenvalue weighted by molar-refractivity contribution is 7.15. The number of benzene rings is 1. The molecule has 4 rings (SSSR count). The topological polar surface area (TPSA) is 35.8 Å². The maximum atomic E-state index is 5.87. The summed E-state index contributed by atoms with van der Waals surface area (Å²) in [5, 5.41) is 2.11. The summed E-state index contributed by atoms with van der Waals surface area (Å²) < 4.78 is 13.4. The SMILES string of the molecule is c1cc(C2CCOC2)ccc1OCc1csc2cncn12. The maximum absolute atomic E-state index is 5.87. The highest BCUT2D eigenvalue weighted by Crippen LogP contribution is 2.27. The quantitative estimate of drug-likeness (QED) is 0.740. The van der Waals surface area contributed by atoms with Gasteiger partial charge in [-0.2, -0.15) is 0 Å². The van der Waals surface area contributed by atoms with Crippen LogP contribution in [0.25, 0.3) is 4.83 Å². The Balaban J connectivity index is 1.44. The van der Waals surface area contributed by atoms with E-state index in [9.17, 15) is 0 Å². The van der Waals surface area contributed by atoms with E-state index in [0.717, 1.165) is 35.9 Å². The third-order valence-corrected chi connectivity index (χ3v) is 4.83. The lowest BCUT2D eigenvalue weighted by atomic mass is 9.99. The second-order valence-corrected chi connectivity index (χ2v) is 6.14. The van der Waals surface area contributed by atoms with Crippen LogP contribution < -0.4 is 4.74 Å². The minimum atomic E-state index is 0.543. The van der Waals surface area contributed by atoms with Crippen LogP contribution in [0.15, 0.2) is 42.2 Å². The fourth-order valence-electron chi connectivity index (χ4n) is 2.67. The first-order valence-electron chi connectivity index (χ1n) is 7.09. The molecule has 0 bridgehead atoms. The van der Waals surface area contributed by atoms with Gasteiger partial charge in [0.2, 0.25) is 0 Å². The lowest BCUT2D eigenvalue weighted by molar-refractivity contribution is 0.194. The number of rotatable bonds is 4. The summed E-state index contributed by atoms with van der Waals surface area (Å²) in [5.41, 5.74) is 2.47. The van der Waals surface area contributed by atoms with E-state index in [1.54, 1.807) is 11.3 Å². The Bertz CT molecular complexity index is 726. The van der Waals surface area contributed by atoms with E-state index < -0.39 is 0 Å². The van der Waals surface area contributed by atoms with E-state index in [4.69, 9.17) is 9.47 Å². The van der Waals surface area contributed by atoms with E-state index in [-0.39, 0.29) is 0 Å². The Morgan fingerprint density at radius 3 is 3.05 bits per heavy atom. The number of nitrogens with zero attached hydrogens (tertiary/aromatic N) is 2. The van der Waals surface area contributed by atoms with Crippen molar-refractivity contribution in [3.05, 3.63) is 53.4 Å². The van der Waals surface area contributed by atoms with Gasteiger partial charge in [-0.3, -0.25) is 4.40 Å². The number of imidazole rings is 1. The van der Waals surface area contributed by atoms with Crippen molar-refractivity contribution in [3.8, 4) is 5.75 Å². The second kappa shape index (κ2) is 5.50. The fraction of sp³-hybridized carbons (Fsp3) is 0.312. The van der Waals surface area contributed by atoms with Gasteiger partial charge in [0.25, 0.3) is 0 Å². The van der Waals surface area contributed by atoms with Gasteiger partial charge < -0.3 is 9.47 Å². The first kappa shape index (κ1) is 12.9. The fourth-order valence-corrected chi connectivity index (χ4v) is 3.50. The number of thiazole rings is 1. The van der Waals surface area contributed by atoms with Crippen molar-refractivity contribution < 1.29 is 9.47 Å². The van der Waals surface area contributed by atoms with Crippen LogP contribution in [0.4, 0.5) is 0 Å². The second-order valence-electron chi connectivity index (χ2n) is 5.25. The van der Waals surface area contributed by atoms with Crippen molar-refractivity contribution >= 4 is 16.2 Å². The molecule has 0 radical (unpaired) electrons. The first-order chi connectivity index (χ1) is 10.4. The molecule has 1 atom stereocenters. The summed E-state index contributed by atoms with van der Waals surface area (Å²) in [6.45, 7) is 2.28. The van der Waals surface area contributed by atoms with Gasteiger partial charge in [0.05, 0.1) is 18.5 Å². The van der Waals surface area contributed by atoms with Crippen LogP contribution in [-0.4, -0.2) is 22.6 Å². The third-order valence-electron chi connectivity index (χ3n) is 3.90. The molecule has 4 nitrogen and oxygen atoms in total. The average molecular weight is 300 g/mol. The molecule has 0 amide bonds. The number of fused-ring (bicyclic) bond motifs is 1. The molecule has 1 aromatic carbocycles. The summed E-state index contributed by atoms with van der Waals surface area (Å²) in [6, 6.07) is 8.39. The van der Waals surface area contributed by atoms with Crippen molar-refractivity contribution in [2.75, 3.05) is 13.2 Å². The molecule has 1 fully saturated rings. The normalized spacial score (nSPS) is 18.4. The molecule has 0 aliphatic carbocycles. The van der Waals surface area contributed by atoms with Gasteiger partial charge >= 0.3 is 0 Å². The Hall–Kier alpha value is -1.85. The van der Waals surface area contributed by atoms with Gasteiger partial charge in [0.1, 0.15) is 23.5 Å². The molecule has 108 valence electrons. The molecule has 1 aliphatic rings. The highest BCUT2D eigenvalue weighted by atomic mass is 32.1. The number of aromatic nitrogens is 2. The Morgan fingerprint density at radius 1 is 1.33 bits per heavy atom. The average Bonchev–Trinajstić information content (AvgIpc) is 3.24. The van der Waals surface area contributed by atoms with Crippen LogP contribution in [0.1, 0.15) is 23.6 Å². The van der Waals surface area contributed by atoms with Crippen LogP contribution in [0.5, 0.6) is 5.75 Å². The first-order valence-corrected chi connectivity index (χ1v) is 7.97. The van der Waals surface area contributed by atoms with Gasteiger partial charge in [-0.1, -0.05) is 12.1 Å². The third kappa shape index (κ3) is 2.54. The van der Waals surface area contributed by atoms with Crippen LogP contribution in [-0.2, 0) is 11.3 Å². The molecule has 0 spiro atoms. The molecule has 1 aliphatic heterocycles. The molecule has 3 aromatic rings. The molecule has 1 saturated heterocycles. The van der Waals surface area contributed by atoms with Gasteiger partial charge in [0, 0.05) is 17.9 Å². The van der Waals surface area contributed by atoms with Crippen molar-refractivity contribution in [2.24, 2.45) is 0 Å². The molecule has 0 N–H and O–H groups in total. The van der Waals surface area contributed by atoms with Crippen LogP contribution in [0.2, 0.25) is 0 Å². The molecule has 5 heteroatoms. The standard InChI is InChI=1S/C16H16N2O2S/c1-3-15(4-2-12(1)13-5-6-19-8-13)20-9-14-10-21-16-7-17-11-18(14)16/h1-4,7,10-11,13H,5-6,8-9H2.